The number of carbonyl (C=O) groups excluding carboxylic acids is 1. The minimum atomic E-state index is -0.326. The maximum Gasteiger partial charge on any atom is 0.335 e. The Kier molecular flexibility index (Phi) is 3.09. The van der Waals surface area contributed by atoms with Gasteiger partial charge in [-0.1, -0.05) is 6.92 Å². The lowest BCUT2D eigenvalue weighted by Crippen LogP contribution is -2.29. The molecule has 0 N–H and O–H groups in total. The van der Waals surface area contributed by atoms with Crippen molar-refractivity contribution in [3.05, 3.63) is 0 Å². The van der Waals surface area contributed by atoms with E-state index in [1.807, 2.05) is 20.8 Å². The molecule has 2 atom stereocenters. The van der Waals surface area contributed by atoms with Gasteiger partial charge in [-0.15, -0.1) is 0 Å². The highest BCUT2D eigenvalue weighted by molar-refractivity contribution is 5.75. The summed E-state index contributed by atoms with van der Waals surface area (Å²) in [6.07, 6.45) is 0.582. The number of carbonyl (C=O) groups is 1. The lowest BCUT2D eigenvalue weighted by molar-refractivity contribution is -0.159. The zero-order valence-electron chi connectivity index (χ0n) is 7.87. The summed E-state index contributed by atoms with van der Waals surface area (Å²) in [7, 11) is 0. The average Bonchev–Trinajstić information content (AvgIpc) is 2.33. The molecule has 70 valence electrons. The van der Waals surface area contributed by atoms with Crippen LogP contribution in [0.3, 0.4) is 0 Å². The van der Waals surface area contributed by atoms with E-state index < -0.39 is 0 Å². The highest BCUT2D eigenvalue weighted by Gasteiger charge is 2.32. The summed E-state index contributed by atoms with van der Waals surface area (Å²) >= 11 is 0. The van der Waals surface area contributed by atoms with Gasteiger partial charge in [-0.25, -0.2) is 4.79 Å². The molecule has 0 amide bonds. The Hall–Kier alpha value is -0.570. The zero-order chi connectivity index (χ0) is 9.14. The molecular weight excluding hydrogens is 156 g/mol. The maximum absolute atomic E-state index is 11.3. The second-order valence-corrected chi connectivity index (χ2v) is 3.54. The maximum atomic E-state index is 11.3. The minimum absolute atomic E-state index is 0.0473. The van der Waals surface area contributed by atoms with Crippen molar-refractivity contribution in [1.29, 1.82) is 0 Å². The summed E-state index contributed by atoms with van der Waals surface area (Å²) in [5.74, 6) is 0.0891. The van der Waals surface area contributed by atoms with Crippen LogP contribution in [0.15, 0.2) is 0 Å². The summed E-state index contributed by atoms with van der Waals surface area (Å²) in [4.78, 5) is 11.3. The third-order valence-electron chi connectivity index (χ3n) is 1.97. The van der Waals surface area contributed by atoms with E-state index in [2.05, 4.69) is 0 Å². The molecule has 0 saturated carbocycles. The minimum Gasteiger partial charge on any atom is -0.461 e. The fourth-order valence-electron chi connectivity index (χ4n) is 1.30. The Morgan fingerprint density at radius 2 is 2.25 bits per heavy atom. The van der Waals surface area contributed by atoms with E-state index in [0.717, 1.165) is 6.42 Å². The van der Waals surface area contributed by atoms with Gasteiger partial charge >= 0.3 is 5.97 Å². The fourth-order valence-corrected chi connectivity index (χ4v) is 1.30. The van der Waals surface area contributed by atoms with Gasteiger partial charge in [0.1, 0.15) is 0 Å². The Bertz CT molecular complexity index is 165. The van der Waals surface area contributed by atoms with Crippen LogP contribution in [-0.4, -0.2) is 24.8 Å². The molecule has 0 spiro atoms. The molecule has 1 saturated heterocycles. The molecule has 12 heavy (non-hydrogen) atoms. The van der Waals surface area contributed by atoms with Gasteiger partial charge in [0.15, 0.2) is 6.10 Å². The SMILES string of the molecule is CC(C)OC(=O)C1OCCC1C. The summed E-state index contributed by atoms with van der Waals surface area (Å²) in [5, 5.41) is 0. The van der Waals surface area contributed by atoms with Crippen LogP contribution in [-0.2, 0) is 14.3 Å². The van der Waals surface area contributed by atoms with Crippen LogP contribution < -0.4 is 0 Å². The van der Waals surface area contributed by atoms with E-state index in [0.29, 0.717) is 12.5 Å². The Balaban J connectivity index is 2.41. The third kappa shape index (κ3) is 2.21. The normalized spacial score (nSPS) is 29.3. The first-order valence-electron chi connectivity index (χ1n) is 4.43. The topological polar surface area (TPSA) is 35.5 Å². The molecule has 0 aromatic carbocycles. The molecule has 2 unspecified atom stereocenters. The second kappa shape index (κ2) is 3.90. The largest absolute Gasteiger partial charge is 0.461 e. The van der Waals surface area contributed by atoms with Crippen molar-refractivity contribution in [1.82, 2.24) is 0 Å². The van der Waals surface area contributed by atoms with Crippen LogP contribution in [0.1, 0.15) is 27.2 Å². The van der Waals surface area contributed by atoms with Crippen molar-refractivity contribution < 1.29 is 14.3 Å². The molecule has 0 bridgehead atoms. The highest BCUT2D eigenvalue weighted by Crippen LogP contribution is 2.21. The van der Waals surface area contributed by atoms with Crippen molar-refractivity contribution in [2.75, 3.05) is 6.61 Å². The van der Waals surface area contributed by atoms with Gasteiger partial charge in [0.25, 0.3) is 0 Å². The Labute approximate surface area is 73.0 Å². The van der Waals surface area contributed by atoms with Gasteiger partial charge < -0.3 is 9.47 Å². The van der Waals surface area contributed by atoms with Gasteiger partial charge in [-0.2, -0.15) is 0 Å². The molecule has 3 nitrogen and oxygen atoms in total. The number of ether oxygens (including phenoxy) is 2. The van der Waals surface area contributed by atoms with E-state index in [9.17, 15) is 4.79 Å². The van der Waals surface area contributed by atoms with Crippen molar-refractivity contribution in [2.24, 2.45) is 5.92 Å². The van der Waals surface area contributed by atoms with Gasteiger partial charge in [0.05, 0.1) is 6.10 Å². The van der Waals surface area contributed by atoms with Crippen molar-refractivity contribution in [3.63, 3.8) is 0 Å². The van der Waals surface area contributed by atoms with Crippen molar-refractivity contribution >= 4 is 5.97 Å². The Morgan fingerprint density at radius 3 is 2.67 bits per heavy atom. The van der Waals surface area contributed by atoms with E-state index in [1.54, 1.807) is 0 Å². The highest BCUT2D eigenvalue weighted by atomic mass is 16.6. The van der Waals surface area contributed by atoms with E-state index in [1.165, 1.54) is 0 Å². The molecule has 1 heterocycles. The molecule has 0 radical (unpaired) electrons. The van der Waals surface area contributed by atoms with Gasteiger partial charge in [-0.3, -0.25) is 0 Å². The van der Waals surface area contributed by atoms with Crippen LogP contribution in [0.2, 0.25) is 0 Å². The first-order chi connectivity index (χ1) is 5.61. The van der Waals surface area contributed by atoms with E-state index in [-0.39, 0.29) is 18.2 Å². The van der Waals surface area contributed by atoms with E-state index >= 15 is 0 Å². The molecule has 1 fully saturated rings. The van der Waals surface area contributed by atoms with Crippen LogP contribution in [0.4, 0.5) is 0 Å². The molecule has 0 aromatic heterocycles. The fraction of sp³-hybridized carbons (Fsp3) is 0.889. The summed E-state index contributed by atoms with van der Waals surface area (Å²) in [6.45, 7) is 6.38. The van der Waals surface area contributed by atoms with Gasteiger partial charge in [0, 0.05) is 6.61 Å². The summed E-state index contributed by atoms with van der Waals surface area (Å²) < 4.78 is 10.3. The first kappa shape index (κ1) is 9.52. The molecule has 0 aromatic rings. The van der Waals surface area contributed by atoms with Crippen LogP contribution in [0, 0.1) is 5.92 Å². The van der Waals surface area contributed by atoms with Gasteiger partial charge in [-0.05, 0) is 26.2 Å². The zero-order valence-corrected chi connectivity index (χ0v) is 7.87. The number of esters is 1. The number of rotatable bonds is 2. The number of hydrogen-bond donors (Lipinski definition) is 0. The average molecular weight is 172 g/mol. The molecular formula is C9H16O3. The smallest absolute Gasteiger partial charge is 0.335 e. The molecule has 0 aliphatic carbocycles. The van der Waals surface area contributed by atoms with Crippen LogP contribution in [0.5, 0.6) is 0 Å². The standard InChI is InChI=1S/C9H16O3/c1-6(2)12-9(10)8-7(3)4-5-11-8/h6-8H,4-5H2,1-3H3. The van der Waals surface area contributed by atoms with Crippen molar-refractivity contribution in [3.8, 4) is 0 Å². The first-order valence-corrected chi connectivity index (χ1v) is 4.43. The quantitative estimate of drug-likeness (QED) is 0.590. The molecule has 1 aliphatic rings. The lowest BCUT2D eigenvalue weighted by atomic mass is 10.0. The second-order valence-electron chi connectivity index (χ2n) is 3.54. The monoisotopic (exact) mass is 172 g/mol. The summed E-state index contributed by atoms with van der Waals surface area (Å²) in [5.41, 5.74) is 0. The predicted molar refractivity (Wildman–Crippen MR) is 44.7 cm³/mol. The molecule has 1 rings (SSSR count). The van der Waals surface area contributed by atoms with Crippen LogP contribution in [0.25, 0.3) is 0 Å². The third-order valence-corrected chi connectivity index (χ3v) is 1.97. The molecule has 1 aliphatic heterocycles. The summed E-state index contributed by atoms with van der Waals surface area (Å²) in [6, 6.07) is 0. The predicted octanol–water partition coefficient (Wildman–Crippen LogP) is 1.36. The molecule has 3 heteroatoms. The van der Waals surface area contributed by atoms with E-state index in [4.69, 9.17) is 9.47 Å². The number of hydrogen-bond acceptors (Lipinski definition) is 3. The van der Waals surface area contributed by atoms with Gasteiger partial charge in [0.2, 0.25) is 0 Å². The Morgan fingerprint density at radius 1 is 1.58 bits per heavy atom. The lowest BCUT2D eigenvalue weighted by Gasteiger charge is -2.15. The van der Waals surface area contributed by atoms with Crippen molar-refractivity contribution in [2.45, 2.75) is 39.4 Å². The van der Waals surface area contributed by atoms with Crippen LogP contribution >= 0.6 is 0 Å².